The fourth-order valence-electron chi connectivity index (χ4n) is 4.49. The van der Waals surface area contributed by atoms with Crippen molar-refractivity contribution < 1.29 is 14.6 Å². The second-order valence-corrected chi connectivity index (χ2v) is 7.77. The van der Waals surface area contributed by atoms with Crippen LogP contribution in [-0.4, -0.2) is 41.7 Å². The molecule has 1 heterocycles. The second-order valence-electron chi connectivity index (χ2n) is 7.77. The molecule has 0 radical (unpaired) electrons. The van der Waals surface area contributed by atoms with E-state index >= 15 is 0 Å². The van der Waals surface area contributed by atoms with Crippen LogP contribution >= 0.6 is 0 Å². The molecule has 1 aromatic carbocycles. The third kappa shape index (κ3) is 2.18. The van der Waals surface area contributed by atoms with E-state index in [1.165, 1.54) is 11.1 Å². The lowest BCUT2D eigenvalue weighted by Gasteiger charge is -2.61. The molecule has 0 aromatic heterocycles. The summed E-state index contributed by atoms with van der Waals surface area (Å²) in [6.07, 6.45) is 1.33. The summed E-state index contributed by atoms with van der Waals surface area (Å²) in [5.74, 6) is 0.403. The fraction of sp³-hybridized carbons (Fsp3) is 0.632. The lowest BCUT2D eigenvalue weighted by Crippen LogP contribution is -2.65. The number of piperidine rings is 1. The first-order chi connectivity index (χ1) is 10.7. The molecule has 1 N–H and O–H groups in total. The van der Waals surface area contributed by atoms with Gasteiger partial charge in [-0.2, -0.15) is 0 Å². The Labute approximate surface area is 138 Å². The Hall–Kier alpha value is -1.55. The highest BCUT2D eigenvalue weighted by Crippen LogP contribution is 2.56. The maximum absolute atomic E-state index is 12.7. The van der Waals surface area contributed by atoms with Gasteiger partial charge in [0.2, 0.25) is 0 Å². The Kier molecular flexibility index (Phi) is 3.71. The molecular weight excluding hydrogens is 290 g/mol. The number of phenols is 1. The Morgan fingerprint density at radius 1 is 1.39 bits per heavy atom. The minimum atomic E-state index is -0.406. The molecule has 0 spiro atoms. The Balaban J connectivity index is 2.07. The number of hydrogen-bond acceptors (Lipinski definition) is 3. The Morgan fingerprint density at radius 3 is 2.74 bits per heavy atom. The summed E-state index contributed by atoms with van der Waals surface area (Å²) in [4.78, 5) is 14.8. The number of fused-ring (bicyclic) bond motifs is 4. The highest BCUT2D eigenvalue weighted by Gasteiger charge is 2.57. The molecule has 1 fully saturated rings. The SMILES string of the molecule is COC(C)C(=O)N1CC[C@@]2(C)c3cc(O)ccc3C[C@@H]1C2(C)C. The molecule has 3 atom stereocenters. The molecule has 1 aromatic rings. The Bertz CT molecular complexity index is 640. The van der Waals surface area contributed by atoms with E-state index in [4.69, 9.17) is 4.74 Å². The molecule has 4 heteroatoms. The van der Waals surface area contributed by atoms with Crippen molar-refractivity contribution in [2.75, 3.05) is 13.7 Å². The van der Waals surface area contributed by atoms with Crippen molar-refractivity contribution >= 4 is 5.91 Å². The molecule has 126 valence electrons. The van der Waals surface area contributed by atoms with E-state index in [0.29, 0.717) is 5.75 Å². The average molecular weight is 317 g/mol. The molecule has 1 amide bonds. The number of aromatic hydroxyl groups is 1. The lowest BCUT2D eigenvalue weighted by atomic mass is 9.51. The van der Waals surface area contributed by atoms with Crippen LogP contribution in [0.25, 0.3) is 0 Å². The van der Waals surface area contributed by atoms with Crippen molar-refractivity contribution in [3.05, 3.63) is 29.3 Å². The highest BCUT2D eigenvalue weighted by molar-refractivity contribution is 5.81. The molecule has 23 heavy (non-hydrogen) atoms. The summed E-state index contributed by atoms with van der Waals surface area (Å²) >= 11 is 0. The summed E-state index contributed by atoms with van der Waals surface area (Å²) in [6.45, 7) is 9.34. The van der Waals surface area contributed by atoms with E-state index in [1.807, 2.05) is 24.0 Å². The predicted octanol–water partition coefficient (Wildman–Crippen LogP) is 2.87. The summed E-state index contributed by atoms with van der Waals surface area (Å²) in [5, 5.41) is 9.93. The molecule has 2 aliphatic rings. The van der Waals surface area contributed by atoms with Crippen LogP contribution in [-0.2, 0) is 21.4 Å². The van der Waals surface area contributed by atoms with E-state index in [1.54, 1.807) is 13.2 Å². The summed E-state index contributed by atoms with van der Waals surface area (Å²) in [6, 6.07) is 5.84. The van der Waals surface area contributed by atoms with Crippen molar-refractivity contribution in [2.24, 2.45) is 5.41 Å². The van der Waals surface area contributed by atoms with Crippen molar-refractivity contribution in [2.45, 2.75) is 58.1 Å². The van der Waals surface area contributed by atoms with Gasteiger partial charge in [0.1, 0.15) is 11.9 Å². The minimum Gasteiger partial charge on any atom is -0.508 e. The quantitative estimate of drug-likeness (QED) is 0.912. The van der Waals surface area contributed by atoms with Gasteiger partial charge < -0.3 is 14.7 Å². The topological polar surface area (TPSA) is 49.8 Å². The number of nitrogens with zero attached hydrogens (tertiary/aromatic N) is 1. The average Bonchev–Trinajstić information content (AvgIpc) is 2.50. The molecule has 1 unspecified atom stereocenters. The smallest absolute Gasteiger partial charge is 0.251 e. The van der Waals surface area contributed by atoms with Crippen molar-refractivity contribution in [1.29, 1.82) is 0 Å². The molecule has 1 aliphatic heterocycles. The fourth-order valence-corrected chi connectivity index (χ4v) is 4.49. The van der Waals surface area contributed by atoms with Crippen LogP contribution < -0.4 is 0 Å². The molecule has 1 saturated heterocycles. The van der Waals surface area contributed by atoms with Crippen LogP contribution in [0.4, 0.5) is 0 Å². The van der Waals surface area contributed by atoms with E-state index in [-0.39, 0.29) is 22.8 Å². The van der Waals surface area contributed by atoms with Crippen LogP contribution in [0.2, 0.25) is 0 Å². The third-order valence-corrected chi connectivity index (χ3v) is 6.57. The van der Waals surface area contributed by atoms with E-state index < -0.39 is 6.10 Å². The zero-order valence-corrected chi connectivity index (χ0v) is 14.7. The molecule has 4 nitrogen and oxygen atoms in total. The van der Waals surface area contributed by atoms with Gasteiger partial charge in [-0.1, -0.05) is 26.8 Å². The first kappa shape index (κ1) is 16.3. The number of ether oxygens (including phenoxy) is 1. The summed E-state index contributed by atoms with van der Waals surface area (Å²) in [5.41, 5.74) is 2.38. The van der Waals surface area contributed by atoms with Crippen LogP contribution in [0, 0.1) is 5.41 Å². The summed E-state index contributed by atoms with van der Waals surface area (Å²) < 4.78 is 5.26. The standard InChI is InChI=1S/C19H27NO3/c1-12(23-5)17(22)20-9-8-19(4)15-11-14(21)7-6-13(15)10-16(20)18(19,2)3/h6-7,11-12,16,21H,8-10H2,1-5H3/t12?,16-,19+/m1/s1. The normalized spacial score (nSPS) is 29.8. The van der Waals surface area contributed by atoms with Gasteiger partial charge in [0.15, 0.2) is 0 Å². The first-order valence-corrected chi connectivity index (χ1v) is 8.38. The van der Waals surface area contributed by atoms with Gasteiger partial charge in [0.25, 0.3) is 5.91 Å². The summed E-state index contributed by atoms with van der Waals surface area (Å²) in [7, 11) is 1.58. The number of likely N-dealkylation sites (tertiary alicyclic amines) is 1. The van der Waals surface area contributed by atoms with Gasteiger partial charge in [-0.25, -0.2) is 0 Å². The van der Waals surface area contributed by atoms with Gasteiger partial charge in [-0.05, 0) is 48.4 Å². The first-order valence-electron chi connectivity index (χ1n) is 8.38. The van der Waals surface area contributed by atoms with Crippen LogP contribution in [0.5, 0.6) is 5.75 Å². The zero-order valence-electron chi connectivity index (χ0n) is 14.7. The van der Waals surface area contributed by atoms with Crippen LogP contribution in [0.3, 0.4) is 0 Å². The molecule has 2 bridgehead atoms. The van der Waals surface area contributed by atoms with Crippen molar-refractivity contribution in [3.8, 4) is 5.75 Å². The molecule has 0 saturated carbocycles. The van der Waals surface area contributed by atoms with Crippen molar-refractivity contribution in [1.82, 2.24) is 4.90 Å². The second kappa shape index (κ2) is 5.23. The largest absolute Gasteiger partial charge is 0.508 e. The highest BCUT2D eigenvalue weighted by atomic mass is 16.5. The van der Waals surface area contributed by atoms with Gasteiger partial charge in [0.05, 0.1) is 0 Å². The van der Waals surface area contributed by atoms with E-state index in [2.05, 4.69) is 20.8 Å². The van der Waals surface area contributed by atoms with Gasteiger partial charge >= 0.3 is 0 Å². The minimum absolute atomic E-state index is 0.0446. The van der Waals surface area contributed by atoms with Crippen molar-refractivity contribution in [3.63, 3.8) is 0 Å². The van der Waals surface area contributed by atoms with E-state index in [0.717, 1.165) is 19.4 Å². The van der Waals surface area contributed by atoms with Gasteiger partial charge in [0, 0.05) is 25.1 Å². The third-order valence-electron chi connectivity index (χ3n) is 6.57. The molecule has 3 rings (SSSR count). The monoisotopic (exact) mass is 317 g/mol. The Morgan fingerprint density at radius 2 is 2.09 bits per heavy atom. The lowest BCUT2D eigenvalue weighted by molar-refractivity contribution is -0.153. The van der Waals surface area contributed by atoms with E-state index in [9.17, 15) is 9.90 Å². The number of rotatable bonds is 2. The van der Waals surface area contributed by atoms with Crippen LogP contribution in [0.1, 0.15) is 45.2 Å². The zero-order chi connectivity index (χ0) is 17.0. The number of carbonyl (C=O) groups excluding carboxylic acids is 1. The number of hydrogen-bond donors (Lipinski definition) is 1. The molecular formula is C19H27NO3. The number of methoxy groups -OCH3 is 1. The predicted molar refractivity (Wildman–Crippen MR) is 89.5 cm³/mol. The number of phenolic OH excluding ortho intramolecular Hbond substituents is 1. The number of benzene rings is 1. The van der Waals surface area contributed by atoms with Gasteiger partial charge in [-0.15, -0.1) is 0 Å². The number of amides is 1. The van der Waals surface area contributed by atoms with Gasteiger partial charge in [-0.3, -0.25) is 4.79 Å². The van der Waals surface area contributed by atoms with Crippen LogP contribution in [0.15, 0.2) is 18.2 Å². The maximum atomic E-state index is 12.7. The maximum Gasteiger partial charge on any atom is 0.251 e. The number of carbonyl (C=O) groups is 1. The molecule has 1 aliphatic carbocycles.